The van der Waals surface area contributed by atoms with Gasteiger partial charge in [-0.05, 0) is 24.2 Å². The van der Waals surface area contributed by atoms with Gasteiger partial charge in [-0.2, -0.15) is 0 Å². The molecule has 1 aromatic carbocycles. The first kappa shape index (κ1) is 11.7. The highest BCUT2D eigenvalue weighted by atomic mass is 79.9. The van der Waals surface area contributed by atoms with Gasteiger partial charge in [0.25, 0.3) is 0 Å². The van der Waals surface area contributed by atoms with Crippen molar-refractivity contribution in [1.29, 1.82) is 0 Å². The summed E-state index contributed by atoms with van der Waals surface area (Å²) in [6, 6.07) is 8.29. The minimum absolute atomic E-state index is 0.227. The quantitative estimate of drug-likeness (QED) is 0.875. The van der Waals surface area contributed by atoms with Crippen molar-refractivity contribution in [2.75, 3.05) is 19.7 Å². The smallest absolute Gasteiger partial charge is 0.0558 e. The average molecular weight is 258 g/mol. The second-order valence-electron chi connectivity index (χ2n) is 3.22. The van der Waals surface area contributed by atoms with Crippen molar-refractivity contribution in [2.24, 2.45) is 0 Å². The standard InChI is InChI=1S/C11H16BrNO/c1-2-13(7-8-14)9-10-3-5-11(12)6-4-10/h3-6,14H,2,7-9H2,1H3. The highest BCUT2D eigenvalue weighted by Gasteiger charge is 2.02. The largest absolute Gasteiger partial charge is 0.395 e. The predicted molar refractivity (Wildman–Crippen MR) is 62.2 cm³/mol. The fraction of sp³-hybridized carbons (Fsp3) is 0.455. The fourth-order valence-corrected chi connectivity index (χ4v) is 1.60. The maximum absolute atomic E-state index is 8.84. The summed E-state index contributed by atoms with van der Waals surface area (Å²) in [6.45, 7) is 4.95. The van der Waals surface area contributed by atoms with Crippen LogP contribution in [0.15, 0.2) is 28.7 Å². The fourth-order valence-electron chi connectivity index (χ4n) is 1.34. The number of hydrogen-bond acceptors (Lipinski definition) is 2. The van der Waals surface area contributed by atoms with E-state index >= 15 is 0 Å². The van der Waals surface area contributed by atoms with Crippen LogP contribution in [0.4, 0.5) is 0 Å². The van der Waals surface area contributed by atoms with Crippen molar-refractivity contribution < 1.29 is 5.11 Å². The minimum Gasteiger partial charge on any atom is -0.395 e. The van der Waals surface area contributed by atoms with Gasteiger partial charge in [-0.1, -0.05) is 35.0 Å². The molecule has 1 N–H and O–H groups in total. The molecule has 1 aromatic rings. The number of nitrogens with zero attached hydrogens (tertiary/aromatic N) is 1. The molecule has 0 aliphatic rings. The van der Waals surface area contributed by atoms with Crippen molar-refractivity contribution >= 4 is 15.9 Å². The number of aliphatic hydroxyl groups excluding tert-OH is 1. The molecule has 3 heteroatoms. The normalized spacial score (nSPS) is 10.9. The van der Waals surface area contributed by atoms with Gasteiger partial charge in [-0.3, -0.25) is 4.90 Å². The van der Waals surface area contributed by atoms with E-state index in [1.807, 2.05) is 12.1 Å². The van der Waals surface area contributed by atoms with E-state index in [1.54, 1.807) is 0 Å². The third-order valence-electron chi connectivity index (χ3n) is 2.18. The van der Waals surface area contributed by atoms with Crippen LogP contribution in [0.1, 0.15) is 12.5 Å². The van der Waals surface area contributed by atoms with E-state index < -0.39 is 0 Å². The maximum Gasteiger partial charge on any atom is 0.0558 e. The third kappa shape index (κ3) is 3.78. The van der Waals surface area contributed by atoms with E-state index in [1.165, 1.54) is 5.56 Å². The summed E-state index contributed by atoms with van der Waals surface area (Å²) < 4.78 is 1.10. The van der Waals surface area contributed by atoms with Crippen LogP contribution in [0.25, 0.3) is 0 Å². The zero-order valence-corrected chi connectivity index (χ0v) is 10.00. The molecule has 0 bridgehead atoms. The molecule has 0 aliphatic heterocycles. The average Bonchev–Trinajstić information content (AvgIpc) is 2.20. The number of likely N-dealkylation sites (N-methyl/N-ethyl adjacent to an activating group) is 1. The summed E-state index contributed by atoms with van der Waals surface area (Å²) in [6.07, 6.45) is 0. The molecule has 78 valence electrons. The lowest BCUT2D eigenvalue weighted by Gasteiger charge is -2.18. The highest BCUT2D eigenvalue weighted by molar-refractivity contribution is 9.10. The lowest BCUT2D eigenvalue weighted by molar-refractivity contribution is 0.197. The number of aliphatic hydroxyl groups is 1. The molecule has 0 saturated heterocycles. The van der Waals surface area contributed by atoms with Crippen LogP contribution in [0.2, 0.25) is 0 Å². The van der Waals surface area contributed by atoms with Gasteiger partial charge >= 0.3 is 0 Å². The molecule has 0 spiro atoms. The van der Waals surface area contributed by atoms with Crippen molar-refractivity contribution in [3.8, 4) is 0 Å². The summed E-state index contributed by atoms with van der Waals surface area (Å²) in [7, 11) is 0. The number of benzene rings is 1. The first-order chi connectivity index (χ1) is 6.76. The Hall–Kier alpha value is -0.380. The summed E-state index contributed by atoms with van der Waals surface area (Å²) in [5.41, 5.74) is 1.28. The summed E-state index contributed by atoms with van der Waals surface area (Å²) in [5, 5.41) is 8.84. The second-order valence-corrected chi connectivity index (χ2v) is 4.13. The number of rotatable bonds is 5. The van der Waals surface area contributed by atoms with Crippen LogP contribution in [-0.4, -0.2) is 29.7 Å². The zero-order valence-electron chi connectivity index (χ0n) is 8.41. The molecule has 0 atom stereocenters. The van der Waals surface area contributed by atoms with Gasteiger partial charge in [0.15, 0.2) is 0 Å². The van der Waals surface area contributed by atoms with Gasteiger partial charge in [0.1, 0.15) is 0 Å². The first-order valence-electron chi connectivity index (χ1n) is 4.84. The SMILES string of the molecule is CCN(CCO)Cc1ccc(Br)cc1. The topological polar surface area (TPSA) is 23.5 Å². The van der Waals surface area contributed by atoms with Gasteiger partial charge in [0, 0.05) is 17.6 Å². The van der Waals surface area contributed by atoms with E-state index in [0.717, 1.165) is 24.1 Å². The zero-order chi connectivity index (χ0) is 10.4. The highest BCUT2D eigenvalue weighted by Crippen LogP contribution is 2.11. The van der Waals surface area contributed by atoms with Crippen LogP contribution in [0, 0.1) is 0 Å². The minimum atomic E-state index is 0.227. The molecular formula is C11H16BrNO. The van der Waals surface area contributed by atoms with Crippen LogP contribution >= 0.6 is 15.9 Å². The Bertz CT molecular complexity index is 260. The van der Waals surface area contributed by atoms with E-state index in [2.05, 4.69) is 39.9 Å². The summed E-state index contributed by atoms with van der Waals surface area (Å²) in [4.78, 5) is 2.21. The van der Waals surface area contributed by atoms with Crippen LogP contribution in [0.5, 0.6) is 0 Å². The van der Waals surface area contributed by atoms with Crippen LogP contribution in [-0.2, 0) is 6.54 Å². The van der Waals surface area contributed by atoms with Gasteiger partial charge in [-0.25, -0.2) is 0 Å². The molecule has 0 aromatic heterocycles. The Morgan fingerprint density at radius 2 is 1.93 bits per heavy atom. The Morgan fingerprint density at radius 3 is 2.43 bits per heavy atom. The van der Waals surface area contributed by atoms with Gasteiger partial charge in [0.05, 0.1) is 6.61 Å². The monoisotopic (exact) mass is 257 g/mol. The lowest BCUT2D eigenvalue weighted by atomic mass is 10.2. The molecule has 1 rings (SSSR count). The van der Waals surface area contributed by atoms with E-state index in [0.29, 0.717) is 0 Å². The van der Waals surface area contributed by atoms with E-state index in [9.17, 15) is 0 Å². The molecule has 0 heterocycles. The molecule has 0 unspecified atom stereocenters. The number of hydrogen-bond donors (Lipinski definition) is 1. The first-order valence-corrected chi connectivity index (χ1v) is 5.63. The van der Waals surface area contributed by atoms with Crippen molar-refractivity contribution in [1.82, 2.24) is 4.90 Å². The molecule has 0 fully saturated rings. The van der Waals surface area contributed by atoms with Crippen molar-refractivity contribution in [3.63, 3.8) is 0 Å². The van der Waals surface area contributed by atoms with Crippen molar-refractivity contribution in [2.45, 2.75) is 13.5 Å². The van der Waals surface area contributed by atoms with Gasteiger partial charge in [-0.15, -0.1) is 0 Å². The maximum atomic E-state index is 8.84. The molecule has 14 heavy (non-hydrogen) atoms. The third-order valence-corrected chi connectivity index (χ3v) is 2.71. The number of halogens is 1. The lowest BCUT2D eigenvalue weighted by Crippen LogP contribution is -2.25. The Morgan fingerprint density at radius 1 is 1.29 bits per heavy atom. The molecule has 2 nitrogen and oxygen atoms in total. The van der Waals surface area contributed by atoms with Gasteiger partial charge in [0.2, 0.25) is 0 Å². The van der Waals surface area contributed by atoms with E-state index in [4.69, 9.17) is 5.11 Å². The Balaban J connectivity index is 2.53. The van der Waals surface area contributed by atoms with Gasteiger partial charge < -0.3 is 5.11 Å². The molecule has 0 radical (unpaired) electrons. The van der Waals surface area contributed by atoms with E-state index in [-0.39, 0.29) is 6.61 Å². The predicted octanol–water partition coefficient (Wildman–Crippen LogP) is 2.26. The van der Waals surface area contributed by atoms with Crippen LogP contribution in [0.3, 0.4) is 0 Å². The molecule has 0 saturated carbocycles. The summed E-state index contributed by atoms with van der Waals surface area (Å²) in [5.74, 6) is 0. The molecule has 0 amide bonds. The Labute approximate surface area is 93.7 Å². The summed E-state index contributed by atoms with van der Waals surface area (Å²) >= 11 is 3.41. The Kier molecular flexibility index (Phi) is 5.15. The van der Waals surface area contributed by atoms with Crippen LogP contribution < -0.4 is 0 Å². The molecule has 0 aliphatic carbocycles. The van der Waals surface area contributed by atoms with Crippen molar-refractivity contribution in [3.05, 3.63) is 34.3 Å². The molecular weight excluding hydrogens is 242 g/mol. The second kappa shape index (κ2) is 6.17.